The number of carboxylic acid groups (broad SMARTS) is 2. The molecule has 0 aliphatic rings. The van der Waals surface area contributed by atoms with Crippen LogP contribution in [0.3, 0.4) is 0 Å². The minimum atomic E-state index is -1.49. The number of carbonyl (C=O) groups is 2. The first-order chi connectivity index (χ1) is 5.09. The third-order valence-electron chi connectivity index (χ3n) is 0.835. The molecule has 11 heavy (non-hydrogen) atoms. The highest BCUT2D eigenvalue weighted by Crippen LogP contribution is 1.94. The van der Waals surface area contributed by atoms with Gasteiger partial charge in [0.2, 0.25) is 0 Å². The Morgan fingerprint density at radius 1 is 1.18 bits per heavy atom. The molecule has 0 amide bonds. The van der Waals surface area contributed by atoms with E-state index < -0.39 is 17.5 Å². The van der Waals surface area contributed by atoms with Gasteiger partial charge in [0, 0.05) is 0 Å². The molecule has 0 rings (SSSR count). The van der Waals surface area contributed by atoms with E-state index in [0.29, 0.717) is 0 Å². The molecule has 60 valence electrons. The van der Waals surface area contributed by atoms with Crippen LogP contribution in [0.1, 0.15) is 0 Å². The lowest BCUT2D eigenvalue weighted by molar-refractivity contribution is -0.140. The number of nitrogens with two attached hydrogens (primary N) is 1. The van der Waals surface area contributed by atoms with Crippen LogP contribution in [0.4, 0.5) is 0 Å². The molecule has 0 aromatic carbocycles. The topological polar surface area (TPSA) is 101 Å². The first-order valence-electron chi connectivity index (χ1n) is 2.64. The maximum Gasteiger partial charge on any atom is 0.343 e. The molecule has 0 radical (unpaired) electrons. The van der Waals surface area contributed by atoms with E-state index in [1.807, 2.05) is 0 Å². The van der Waals surface area contributed by atoms with Gasteiger partial charge in [0.15, 0.2) is 0 Å². The largest absolute Gasteiger partial charge is 0.477 e. The van der Waals surface area contributed by atoms with Gasteiger partial charge in [-0.25, -0.2) is 9.59 Å². The van der Waals surface area contributed by atoms with Crippen molar-refractivity contribution in [1.29, 1.82) is 0 Å². The van der Waals surface area contributed by atoms with E-state index in [2.05, 4.69) is 0 Å². The smallest absolute Gasteiger partial charge is 0.343 e. The van der Waals surface area contributed by atoms with Crippen molar-refractivity contribution < 1.29 is 19.8 Å². The van der Waals surface area contributed by atoms with Crippen molar-refractivity contribution in [2.75, 3.05) is 0 Å². The van der Waals surface area contributed by atoms with Gasteiger partial charge in [0.05, 0.1) is 0 Å². The normalized spacial score (nSPS) is 9.45. The lowest BCUT2D eigenvalue weighted by Gasteiger charge is -1.90. The van der Waals surface area contributed by atoms with Gasteiger partial charge >= 0.3 is 11.9 Å². The minimum absolute atomic E-state index is 0.716. The van der Waals surface area contributed by atoms with Crippen LogP contribution in [0.25, 0.3) is 0 Å². The van der Waals surface area contributed by atoms with Crippen LogP contribution in [0.15, 0.2) is 23.9 Å². The zero-order valence-corrected chi connectivity index (χ0v) is 5.52. The summed E-state index contributed by atoms with van der Waals surface area (Å²) in [6, 6.07) is 0. The second kappa shape index (κ2) is 4.10. The molecule has 0 fully saturated rings. The Labute approximate surface area is 62.4 Å². The highest BCUT2D eigenvalue weighted by Gasteiger charge is 2.13. The van der Waals surface area contributed by atoms with E-state index >= 15 is 0 Å². The van der Waals surface area contributed by atoms with Gasteiger partial charge in [-0.15, -0.1) is 0 Å². The number of hydrogen-bond acceptors (Lipinski definition) is 3. The van der Waals surface area contributed by atoms with E-state index in [9.17, 15) is 9.59 Å². The van der Waals surface area contributed by atoms with E-state index in [1.54, 1.807) is 0 Å². The summed E-state index contributed by atoms with van der Waals surface area (Å²) in [5, 5.41) is 16.5. The molecular formula is C6H7NO4. The highest BCUT2D eigenvalue weighted by molar-refractivity contribution is 6.12. The molecule has 0 aliphatic heterocycles. The summed E-state index contributed by atoms with van der Waals surface area (Å²) in [6.07, 6.45) is 3.09. The van der Waals surface area contributed by atoms with Gasteiger partial charge in [0.1, 0.15) is 5.57 Å². The van der Waals surface area contributed by atoms with Crippen LogP contribution in [-0.4, -0.2) is 22.2 Å². The molecule has 4 N–H and O–H groups in total. The zero-order chi connectivity index (χ0) is 8.85. The molecule has 0 bridgehead atoms. The van der Waals surface area contributed by atoms with Gasteiger partial charge in [-0.05, 0) is 18.4 Å². The van der Waals surface area contributed by atoms with Gasteiger partial charge < -0.3 is 15.9 Å². The molecule has 0 heterocycles. The predicted octanol–water partition coefficient (Wildman–Crippen LogP) is -0.446. The third kappa shape index (κ3) is 3.04. The Morgan fingerprint density at radius 3 is 1.91 bits per heavy atom. The van der Waals surface area contributed by atoms with Crippen LogP contribution in [0, 0.1) is 0 Å². The molecule has 5 heteroatoms. The molecule has 0 atom stereocenters. The van der Waals surface area contributed by atoms with Crippen molar-refractivity contribution in [2.45, 2.75) is 0 Å². The van der Waals surface area contributed by atoms with E-state index in [1.165, 1.54) is 0 Å². The fraction of sp³-hybridized carbons (Fsp3) is 0. The van der Waals surface area contributed by atoms with Gasteiger partial charge in [0.25, 0.3) is 0 Å². The van der Waals surface area contributed by atoms with Crippen LogP contribution >= 0.6 is 0 Å². The minimum Gasteiger partial charge on any atom is -0.477 e. The number of aliphatic carboxylic acids is 2. The molecule has 0 unspecified atom stereocenters. The second-order valence-corrected chi connectivity index (χ2v) is 1.58. The number of allylic oxidation sites excluding steroid dienone is 2. The highest BCUT2D eigenvalue weighted by atomic mass is 16.4. The zero-order valence-electron chi connectivity index (χ0n) is 5.52. The average Bonchev–Trinajstić information content (AvgIpc) is 1.87. The van der Waals surface area contributed by atoms with Crippen LogP contribution < -0.4 is 5.73 Å². The molecule has 0 aromatic rings. The van der Waals surface area contributed by atoms with Crippen molar-refractivity contribution in [3.63, 3.8) is 0 Å². The molecule has 0 saturated carbocycles. The summed E-state index contributed by atoms with van der Waals surface area (Å²) in [6.45, 7) is 0. The first-order valence-corrected chi connectivity index (χ1v) is 2.64. The summed E-state index contributed by atoms with van der Waals surface area (Å²) >= 11 is 0. The van der Waals surface area contributed by atoms with Gasteiger partial charge in [-0.3, -0.25) is 0 Å². The lowest BCUT2D eigenvalue weighted by atomic mass is 10.2. The average molecular weight is 157 g/mol. The molecular weight excluding hydrogens is 150 g/mol. The summed E-state index contributed by atoms with van der Waals surface area (Å²) < 4.78 is 0. The number of carboxylic acids is 2. The Morgan fingerprint density at radius 2 is 1.64 bits per heavy atom. The fourth-order valence-electron chi connectivity index (χ4n) is 0.386. The molecule has 0 aliphatic carbocycles. The summed E-state index contributed by atoms with van der Waals surface area (Å²) in [5.41, 5.74) is 4.15. The summed E-state index contributed by atoms with van der Waals surface area (Å²) in [7, 11) is 0. The van der Waals surface area contributed by atoms with Crippen LogP contribution in [-0.2, 0) is 9.59 Å². The third-order valence-corrected chi connectivity index (χ3v) is 0.835. The van der Waals surface area contributed by atoms with Crippen molar-refractivity contribution in [3.8, 4) is 0 Å². The second-order valence-electron chi connectivity index (χ2n) is 1.58. The number of rotatable bonds is 3. The van der Waals surface area contributed by atoms with E-state index in [0.717, 1.165) is 18.4 Å². The van der Waals surface area contributed by atoms with Gasteiger partial charge in [-0.1, -0.05) is 0 Å². The SMILES string of the molecule is NC=CC=C(C(=O)O)C(=O)O. The molecule has 5 nitrogen and oxygen atoms in total. The summed E-state index contributed by atoms with van der Waals surface area (Å²) in [5.74, 6) is -2.98. The van der Waals surface area contributed by atoms with Crippen molar-refractivity contribution >= 4 is 11.9 Å². The Bertz CT molecular complexity index is 213. The monoisotopic (exact) mass is 157 g/mol. The van der Waals surface area contributed by atoms with Crippen molar-refractivity contribution in [1.82, 2.24) is 0 Å². The Balaban J connectivity index is 4.60. The maximum absolute atomic E-state index is 10.1. The molecule has 0 spiro atoms. The fourth-order valence-corrected chi connectivity index (χ4v) is 0.386. The summed E-state index contributed by atoms with van der Waals surface area (Å²) in [4.78, 5) is 20.2. The van der Waals surface area contributed by atoms with E-state index in [-0.39, 0.29) is 0 Å². The molecule has 0 aromatic heterocycles. The number of hydrogen-bond donors (Lipinski definition) is 3. The standard InChI is InChI=1S/C6H7NO4/c7-3-1-2-4(5(8)9)6(10)11/h1-3H,7H2,(H,8,9)(H,10,11). The Kier molecular flexibility index (Phi) is 3.44. The van der Waals surface area contributed by atoms with E-state index in [4.69, 9.17) is 15.9 Å². The van der Waals surface area contributed by atoms with Crippen LogP contribution in [0.2, 0.25) is 0 Å². The predicted molar refractivity (Wildman–Crippen MR) is 36.7 cm³/mol. The molecule has 0 saturated heterocycles. The van der Waals surface area contributed by atoms with Crippen molar-refractivity contribution in [3.05, 3.63) is 23.9 Å². The first kappa shape index (κ1) is 9.22. The van der Waals surface area contributed by atoms with Gasteiger partial charge in [-0.2, -0.15) is 0 Å². The Hall–Kier alpha value is -1.78. The lowest BCUT2D eigenvalue weighted by Crippen LogP contribution is -2.10. The van der Waals surface area contributed by atoms with Crippen LogP contribution in [0.5, 0.6) is 0 Å². The maximum atomic E-state index is 10.1. The van der Waals surface area contributed by atoms with Crippen molar-refractivity contribution in [2.24, 2.45) is 5.73 Å². The quantitative estimate of drug-likeness (QED) is 0.223.